The minimum absolute atomic E-state index is 0.164. The van der Waals surface area contributed by atoms with Crippen LogP contribution in [0.4, 0.5) is 0 Å². The van der Waals surface area contributed by atoms with Crippen molar-refractivity contribution in [3.8, 4) is 11.1 Å². The van der Waals surface area contributed by atoms with Crippen molar-refractivity contribution in [2.75, 3.05) is 7.11 Å². The lowest BCUT2D eigenvalue weighted by atomic mass is 9.99. The summed E-state index contributed by atoms with van der Waals surface area (Å²) in [4.78, 5) is 34.4. The van der Waals surface area contributed by atoms with Crippen molar-refractivity contribution in [3.63, 3.8) is 0 Å². The SMILES string of the molecule is COC(=O)/C=C1/S/C(=N\N=Cc2ccccc2-c2cccc(C(=O)O)c2)NC1=O. The Morgan fingerprint density at radius 3 is 2.72 bits per heavy atom. The maximum Gasteiger partial charge on any atom is 0.335 e. The highest BCUT2D eigenvalue weighted by Crippen LogP contribution is 2.25. The Morgan fingerprint density at radius 1 is 1.17 bits per heavy atom. The first-order chi connectivity index (χ1) is 14.0. The fourth-order valence-corrected chi connectivity index (χ4v) is 3.22. The number of nitrogens with zero attached hydrogens (tertiary/aromatic N) is 2. The largest absolute Gasteiger partial charge is 0.478 e. The van der Waals surface area contributed by atoms with Gasteiger partial charge in [-0.25, -0.2) is 9.59 Å². The standard InChI is InChI=1S/C20H15N3O5S/c1-28-17(24)10-16-18(25)22-20(29-16)23-21-11-14-5-2-3-8-15(14)12-6-4-7-13(9-12)19(26)27/h2-11H,1H3,(H,26,27)(H,22,23,25)/b16-10+,21-11?. The van der Waals surface area contributed by atoms with Gasteiger partial charge in [-0.1, -0.05) is 36.4 Å². The molecule has 1 aliphatic rings. The van der Waals surface area contributed by atoms with Gasteiger partial charge in [0.05, 0.1) is 23.8 Å². The van der Waals surface area contributed by atoms with Crippen molar-refractivity contribution >= 4 is 41.0 Å². The zero-order chi connectivity index (χ0) is 20.8. The highest BCUT2D eigenvalue weighted by atomic mass is 32.2. The van der Waals surface area contributed by atoms with E-state index in [0.29, 0.717) is 0 Å². The van der Waals surface area contributed by atoms with E-state index in [9.17, 15) is 19.5 Å². The van der Waals surface area contributed by atoms with Crippen molar-refractivity contribution < 1.29 is 24.2 Å². The van der Waals surface area contributed by atoms with E-state index in [0.717, 1.165) is 34.5 Å². The molecule has 1 heterocycles. The molecule has 0 aliphatic carbocycles. The summed E-state index contributed by atoms with van der Waals surface area (Å²) >= 11 is 0.974. The molecule has 3 rings (SSSR count). The summed E-state index contributed by atoms with van der Waals surface area (Å²) in [5.74, 6) is -2.10. The summed E-state index contributed by atoms with van der Waals surface area (Å²) < 4.78 is 4.50. The number of thioether (sulfide) groups is 1. The van der Waals surface area contributed by atoms with E-state index in [1.807, 2.05) is 30.3 Å². The Balaban J connectivity index is 1.83. The summed E-state index contributed by atoms with van der Waals surface area (Å²) in [6, 6.07) is 13.9. The second kappa shape index (κ2) is 8.98. The Hall–Kier alpha value is -3.72. The van der Waals surface area contributed by atoms with Gasteiger partial charge in [-0.15, -0.1) is 5.10 Å². The van der Waals surface area contributed by atoms with Gasteiger partial charge >= 0.3 is 11.9 Å². The number of carbonyl (C=O) groups excluding carboxylic acids is 2. The second-order valence-corrected chi connectivity index (χ2v) is 6.74. The normalized spacial score (nSPS) is 16.4. The molecule has 1 fully saturated rings. The second-order valence-electron chi connectivity index (χ2n) is 5.71. The van der Waals surface area contributed by atoms with Crippen LogP contribution >= 0.6 is 11.8 Å². The molecule has 146 valence electrons. The fraction of sp³-hybridized carbons (Fsp3) is 0.0500. The molecule has 8 nitrogen and oxygen atoms in total. The topological polar surface area (TPSA) is 117 Å². The molecule has 1 amide bonds. The van der Waals surface area contributed by atoms with Gasteiger partial charge in [-0.2, -0.15) is 5.10 Å². The van der Waals surface area contributed by atoms with Crippen molar-refractivity contribution in [3.05, 3.63) is 70.6 Å². The molecule has 29 heavy (non-hydrogen) atoms. The number of esters is 1. The number of amides is 1. The summed E-state index contributed by atoms with van der Waals surface area (Å²) in [7, 11) is 1.22. The van der Waals surface area contributed by atoms with Gasteiger partial charge in [0.15, 0.2) is 5.17 Å². The lowest BCUT2D eigenvalue weighted by Crippen LogP contribution is -2.19. The van der Waals surface area contributed by atoms with Crippen LogP contribution in [-0.2, 0) is 14.3 Å². The lowest BCUT2D eigenvalue weighted by Gasteiger charge is -2.06. The van der Waals surface area contributed by atoms with Crippen LogP contribution in [0.25, 0.3) is 11.1 Å². The quantitative estimate of drug-likeness (QED) is 0.339. The van der Waals surface area contributed by atoms with Gasteiger partial charge < -0.3 is 9.84 Å². The van der Waals surface area contributed by atoms with Gasteiger partial charge in [0.2, 0.25) is 0 Å². The van der Waals surface area contributed by atoms with Gasteiger partial charge in [0.25, 0.3) is 5.91 Å². The maximum absolute atomic E-state index is 11.8. The van der Waals surface area contributed by atoms with Crippen molar-refractivity contribution in [2.45, 2.75) is 0 Å². The third kappa shape index (κ3) is 4.96. The molecule has 1 saturated heterocycles. The molecule has 0 bridgehead atoms. The zero-order valence-electron chi connectivity index (χ0n) is 15.2. The molecule has 1 aliphatic heterocycles. The predicted octanol–water partition coefficient (Wildman–Crippen LogP) is 2.66. The Kier molecular flexibility index (Phi) is 6.20. The first-order valence-electron chi connectivity index (χ1n) is 8.30. The smallest absolute Gasteiger partial charge is 0.335 e. The number of hydrogen-bond acceptors (Lipinski definition) is 7. The number of carboxylic acids is 1. The molecule has 2 aromatic rings. The fourth-order valence-electron chi connectivity index (χ4n) is 2.48. The highest BCUT2D eigenvalue weighted by molar-refractivity contribution is 8.18. The molecular formula is C20H15N3O5S. The van der Waals surface area contributed by atoms with Crippen molar-refractivity contribution in [2.24, 2.45) is 10.2 Å². The van der Waals surface area contributed by atoms with Crippen molar-refractivity contribution in [1.29, 1.82) is 0 Å². The monoisotopic (exact) mass is 409 g/mol. The summed E-state index contributed by atoms with van der Waals surface area (Å²) in [6.07, 6.45) is 2.58. The molecule has 0 unspecified atom stereocenters. The average molecular weight is 409 g/mol. The van der Waals surface area contributed by atoms with Crippen LogP contribution in [0.15, 0.2) is 69.7 Å². The number of ether oxygens (including phenoxy) is 1. The number of methoxy groups -OCH3 is 1. The van der Waals surface area contributed by atoms with Crippen LogP contribution in [0.2, 0.25) is 0 Å². The number of carbonyl (C=O) groups is 3. The first-order valence-corrected chi connectivity index (χ1v) is 9.12. The van der Waals surface area contributed by atoms with Crippen LogP contribution in [0.1, 0.15) is 15.9 Å². The van der Waals surface area contributed by atoms with Crippen LogP contribution in [0.3, 0.4) is 0 Å². The Labute approximate surface area is 170 Å². The maximum atomic E-state index is 11.8. The number of aromatic carboxylic acids is 1. The predicted molar refractivity (Wildman–Crippen MR) is 110 cm³/mol. The first kappa shape index (κ1) is 20.0. The molecule has 2 N–H and O–H groups in total. The Morgan fingerprint density at radius 2 is 1.97 bits per heavy atom. The molecule has 0 aromatic heterocycles. The number of amidine groups is 1. The lowest BCUT2D eigenvalue weighted by molar-refractivity contribution is -0.135. The van der Waals surface area contributed by atoms with Gasteiger partial charge in [-0.3, -0.25) is 10.1 Å². The molecule has 9 heteroatoms. The van der Waals surface area contributed by atoms with E-state index in [1.54, 1.807) is 12.1 Å². The Bertz CT molecular complexity index is 1080. The van der Waals surface area contributed by atoms with E-state index in [2.05, 4.69) is 20.3 Å². The third-order valence-corrected chi connectivity index (χ3v) is 4.73. The summed E-state index contributed by atoms with van der Waals surface area (Å²) in [5, 5.41) is 19.9. The van der Waals surface area contributed by atoms with E-state index in [-0.39, 0.29) is 15.6 Å². The molecule has 2 aromatic carbocycles. The van der Waals surface area contributed by atoms with Gasteiger partial charge in [0.1, 0.15) is 0 Å². The molecule has 0 spiro atoms. The van der Waals surface area contributed by atoms with Gasteiger partial charge in [-0.05, 0) is 35.0 Å². The highest BCUT2D eigenvalue weighted by Gasteiger charge is 2.25. The molecular weight excluding hydrogens is 394 g/mol. The minimum atomic E-state index is -1.01. The zero-order valence-corrected chi connectivity index (χ0v) is 16.0. The summed E-state index contributed by atoms with van der Waals surface area (Å²) in [6.45, 7) is 0. The van der Waals surface area contributed by atoms with Crippen LogP contribution in [-0.4, -0.2) is 41.4 Å². The van der Waals surface area contributed by atoms with Crippen LogP contribution < -0.4 is 5.32 Å². The van der Waals surface area contributed by atoms with E-state index in [4.69, 9.17) is 0 Å². The van der Waals surface area contributed by atoms with E-state index in [1.165, 1.54) is 19.4 Å². The third-order valence-electron chi connectivity index (χ3n) is 3.83. The average Bonchev–Trinajstić information content (AvgIpc) is 3.07. The number of benzene rings is 2. The molecule has 0 atom stereocenters. The van der Waals surface area contributed by atoms with E-state index < -0.39 is 17.8 Å². The van der Waals surface area contributed by atoms with Crippen LogP contribution in [0, 0.1) is 0 Å². The molecule has 0 saturated carbocycles. The minimum Gasteiger partial charge on any atom is -0.478 e. The van der Waals surface area contributed by atoms with Crippen LogP contribution in [0.5, 0.6) is 0 Å². The van der Waals surface area contributed by atoms with Gasteiger partial charge in [0, 0.05) is 11.6 Å². The van der Waals surface area contributed by atoms with Crippen molar-refractivity contribution in [1.82, 2.24) is 5.32 Å². The number of rotatable bonds is 5. The van der Waals surface area contributed by atoms with E-state index >= 15 is 0 Å². The number of hydrogen-bond donors (Lipinski definition) is 2. The number of carboxylic acid groups (broad SMARTS) is 1. The summed E-state index contributed by atoms with van der Waals surface area (Å²) in [5.41, 5.74) is 2.42. The number of nitrogens with one attached hydrogen (secondary N) is 1. The molecule has 0 radical (unpaired) electrons.